The zero-order valence-corrected chi connectivity index (χ0v) is 16.5. The van der Waals surface area contributed by atoms with Gasteiger partial charge in [0.15, 0.2) is 0 Å². The number of rotatable bonds is 7. The Hall–Kier alpha value is -3.27. The lowest BCUT2D eigenvalue weighted by Gasteiger charge is -2.18. The minimum atomic E-state index is -0.377. The van der Waals surface area contributed by atoms with E-state index in [0.29, 0.717) is 0 Å². The molecule has 144 valence electrons. The lowest BCUT2D eigenvalue weighted by atomic mass is 10.0. The molecule has 0 aromatic heterocycles. The third kappa shape index (κ3) is 4.92. The molecule has 3 aromatic carbocycles. The largest absolute Gasteiger partial charge is 0.496 e. The highest BCUT2D eigenvalue weighted by molar-refractivity contribution is 5.96. The highest BCUT2D eigenvalue weighted by Crippen LogP contribution is 2.26. The van der Waals surface area contributed by atoms with Crippen LogP contribution in [0.25, 0.3) is 0 Å². The summed E-state index contributed by atoms with van der Waals surface area (Å²) in [6.45, 7) is 3.84. The SMILES string of the molecule is COc1ccc(NC(C)C(=O)Nc2ccccc2C)cc1Cc1ccccc1. The van der Waals surface area contributed by atoms with Crippen molar-refractivity contribution in [2.75, 3.05) is 17.7 Å². The molecule has 28 heavy (non-hydrogen) atoms. The number of amides is 1. The topological polar surface area (TPSA) is 50.4 Å². The first-order valence-electron chi connectivity index (χ1n) is 9.40. The van der Waals surface area contributed by atoms with Gasteiger partial charge in [0.25, 0.3) is 0 Å². The van der Waals surface area contributed by atoms with Crippen molar-refractivity contribution < 1.29 is 9.53 Å². The fourth-order valence-electron chi connectivity index (χ4n) is 3.09. The summed E-state index contributed by atoms with van der Waals surface area (Å²) in [6.07, 6.45) is 0.767. The molecule has 0 radical (unpaired) electrons. The molecule has 0 saturated carbocycles. The Morgan fingerprint density at radius 1 is 1.00 bits per heavy atom. The van der Waals surface area contributed by atoms with Crippen LogP contribution < -0.4 is 15.4 Å². The summed E-state index contributed by atoms with van der Waals surface area (Å²) in [6, 6.07) is 23.6. The van der Waals surface area contributed by atoms with Gasteiger partial charge >= 0.3 is 0 Å². The van der Waals surface area contributed by atoms with Gasteiger partial charge < -0.3 is 15.4 Å². The maximum Gasteiger partial charge on any atom is 0.246 e. The van der Waals surface area contributed by atoms with Crippen LogP contribution in [0.4, 0.5) is 11.4 Å². The van der Waals surface area contributed by atoms with E-state index in [1.165, 1.54) is 5.56 Å². The van der Waals surface area contributed by atoms with Gasteiger partial charge in [0.1, 0.15) is 11.8 Å². The van der Waals surface area contributed by atoms with Gasteiger partial charge in [-0.1, -0.05) is 48.5 Å². The van der Waals surface area contributed by atoms with E-state index in [-0.39, 0.29) is 11.9 Å². The molecular weight excluding hydrogens is 348 g/mol. The number of carbonyl (C=O) groups excluding carboxylic acids is 1. The number of aryl methyl sites for hydroxylation is 1. The third-order valence-electron chi connectivity index (χ3n) is 4.70. The molecule has 1 unspecified atom stereocenters. The standard InChI is InChI=1S/C24H26N2O2/c1-17-9-7-8-12-22(17)26-24(27)18(2)25-21-13-14-23(28-3)20(16-21)15-19-10-5-4-6-11-19/h4-14,16,18,25H,15H2,1-3H3,(H,26,27). The van der Waals surface area contributed by atoms with Crippen LogP contribution in [0, 0.1) is 6.92 Å². The molecule has 0 aliphatic heterocycles. The van der Waals surface area contributed by atoms with E-state index >= 15 is 0 Å². The van der Waals surface area contributed by atoms with Crippen molar-refractivity contribution in [1.82, 2.24) is 0 Å². The smallest absolute Gasteiger partial charge is 0.246 e. The first-order chi connectivity index (χ1) is 13.6. The number of anilines is 2. The summed E-state index contributed by atoms with van der Waals surface area (Å²) in [7, 11) is 1.68. The van der Waals surface area contributed by atoms with Crippen LogP contribution in [-0.2, 0) is 11.2 Å². The predicted molar refractivity (Wildman–Crippen MR) is 115 cm³/mol. The molecule has 0 bridgehead atoms. The van der Waals surface area contributed by atoms with Crippen molar-refractivity contribution in [3.63, 3.8) is 0 Å². The van der Waals surface area contributed by atoms with Crippen LogP contribution in [0.5, 0.6) is 5.75 Å². The van der Waals surface area contributed by atoms with Crippen LogP contribution in [0.2, 0.25) is 0 Å². The van der Waals surface area contributed by atoms with E-state index in [1.807, 2.05) is 74.5 Å². The molecular formula is C24H26N2O2. The van der Waals surface area contributed by atoms with Gasteiger partial charge in [0.2, 0.25) is 5.91 Å². The van der Waals surface area contributed by atoms with E-state index in [9.17, 15) is 4.79 Å². The van der Waals surface area contributed by atoms with E-state index < -0.39 is 0 Å². The maximum absolute atomic E-state index is 12.6. The van der Waals surface area contributed by atoms with Crippen LogP contribution in [0.15, 0.2) is 72.8 Å². The predicted octanol–water partition coefficient (Wildman–Crippen LogP) is 5.03. The summed E-state index contributed by atoms with van der Waals surface area (Å²) in [5.41, 5.74) is 5.05. The number of para-hydroxylation sites is 1. The molecule has 0 heterocycles. The molecule has 0 saturated heterocycles. The van der Waals surface area contributed by atoms with E-state index in [2.05, 4.69) is 22.8 Å². The number of ether oxygens (including phenoxy) is 1. The van der Waals surface area contributed by atoms with Crippen molar-refractivity contribution in [3.05, 3.63) is 89.5 Å². The van der Waals surface area contributed by atoms with Gasteiger partial charge in [-0.05, 0) is 49.2 Å². The first-order valence-corrected chi connectivity index (χ1v) is 9.40. The molecule has 3 aromatic rings. The molecule has 0 fully saturated rings. The van der Waals surface area contributed by atoms with Crippen LogP contribution in [0.1, 0.15) is 23.6 Å². The van der Waals surface area contributed by atoms with E-state index in [4.69, 9.17) is 4.74 Å². The second-order valence-corrected chi connectivity index (χ2v) is 6.86. The van der Waals surface area contributed by atoms with Crippen molar-refractivity contribution in [2.24, 2.45) is 0 Å². The lowest BCUT2D eigenvalue weighted by molar-refractivity contribution is -0.116. The monoisotopic (exact) mass is 374 g/mol. The van der Waals surface area contributed by atoms with Crippen LogP contribution in [0.3, 0.4) is 0 Å². The number of carbonyl (C=O) groups is 1. The third-order valence-corrected chi connectivity index (χ3v) is 4.70. The van der Waals surface area contributed by atoms with Gasteiger partial charge in [0.05, 0.1) is 7.11 Å². The van der Waals surface area contributed by atoms with Gasteiger partial charge in [-0.2, -0.15) is 0 Å². The maximum atomic E-state index is 12.6. The van der Waals surface area contributed by atoms with Crippen LogP contribution in [-0.4, -0.2) is 19.1 Å². The summed E-state index contributed by atoms with van der Waals surface area (Å²) in [5, 5.41) is 6.27. The minimum Gasteiger partial charge on any atom is -0.496 e. The number of methoxy groups -OCH3 is 1. The fourth-order valence-corrected chi connectivity index (χ4v) is 3.09. The van der Waals surface area contributed by atoms with E-state index in [1.54, 1.807) is 7.11 Å². The quantitative estimate of drug-likeness (QED) is 0.610. The Balaban J connectivity index is 1.71. The molecule has 3 rings (SSSR count). The Labute approximate surface area is 166 Å². The average Bonchev–Trinajstić information content (AvgIpc) is 2.70. The van der Waals surface area contributed by atoms with Crippen molar-refractivity contribution >= 4 is 17.3 Å². The normalized spacial score (nSPS) is 11.5. The molecule has 4 nitrogen and oxygen atoms in total. The van der Waals surface area contributed by atoms with Crippen molar-refractivity contribution in [1.29, 1.82) is 0 Å². The van der Waals surface area contributed by atoms with Crippen molar-refractivity contribution in [3.8, 4) is 5.75 Å². The summed E-state index contributed by atoms with van der Waals surface area (Å²) >= 11 is 0. The van der Waals surface area contributed by atoms with Gasteiger partial charge in [-0.15, -0.1) is 0 Å². The minimum absolute atomic E-state index is 0.0743. The lowest BCUT2D eigenvalue weighted by Crippen LogP contribution is -2.32. The second-order valence-electron chi connectivity index (χ2n) is 6.86. The highest BCUT2D eigenvalue weighted by atomic mass is 16.5. The van der Waals surface area contributed by atoms with Gasteiger partial charge in [-0.3, -0.25) is 4.79 Å². The van der Waals surface area contributed by atoms with E-state index in [0.717, 1.165) is 34.7 Å². The van der Waals surface area contributed by atoms with Gasteiger partial charge in [0, 0.05) is 23.4 Å². The first kappa shape index (κ1) is 19.5. The molecule has 0 aliphatic rings. The Morgan fingerprint density at radius 3 is 2.43 bits per heavy atom. The number of benzene rings is 3. The van der Waals surface area contributed by atoms with Crippen molar-refractivity contribution in [2.45, 2.75) is 26.3 Å². The average molecular weight is 374 g/mol. The Bertz CT molecular complexity index is 938. The zero-order chi connectivity index (χ0) is 19.9. The molecule has 4 heteroatoms. The number of nitrogens with one attached hydrogen (secondary N) is 2. The summed E-state index contributed by atoms with van der Waals surface area (Å²) < 4.78 is 5.51. The Kier molecular flexibility index (Phi) is 6.33. The van der Waals surface area contributed by atoms with Gasteiger partial charge in [-0.25, -0.2) is 0 Å². The fraction of sp³-hybridized carbons (Fsp3) is 0.208. The molecule has 0 aliphatic carbocycles. The highest BCUT2D eigenvalue weighted by Gasteiger charge is 2.15. The molecule has 2 N–H and O–H groups in total. The molecule has 1 amide bonds. The molecule has 1 atom stereocenters. The summed E-state index contributed by atoms with van der Waals surface area (Å²) in [4.78, 5) is 12.6. The zero-order valence-electron chi connectivity index (χ0n) is 16.5. The van der Waals surface area contributed by atoms with Crippen LogP contribution >= 0.6 is 0 Å². The summed E-state index contributed by atoms with van der Waals surface area (Å²) in [5.74, 6) is 0.765. The number of hydrogen-bond acceptors (Lipinski definition) is 3. The Morgan fingerprint density at radius 2 is 1.71 bits per heavy atom. The second kappa shape index (κ2) is 9.09. The number of hydrogen-bond donors (Lipinski definition) is 2. The molecule has 0 spiro atoms.